The normalized spacial score (nSPS) is 11.6. The van der Waals surface area contributed by atoms with E-state index in [-0.39, 0.29) is 6.42 Å². The maximum absolute atomic E-state index is 10.2. The number of unbranched alkanes of at least 4 members (excludes halogenated alkanes) is 5. The number of rotatable bonds is 10. The van der Waals surface area contributed by atoms with Crippen LogP contribution in [-0.2, 0) is 4.79 Å². The fourth-order valence-electron chi connectivity index (χ4n) is 1.42. The Labute approximate surface area is 99.1 Å². The molecule has 0 amide bonds. The smallest absolute Gasteiger partial charge is 0.303 e. The van der Waals surface area contributed by atoms with Crippen molar-refractivity contribution in [3.05, 3.63) is 24.3 Å². The molecule has 0 aromatic heterocycles. The highest BCUT2D eigenvalue weighted by Gasteiger charge is 1.90. The van der Waals surface area contributed by atoms with Crippen molar-refractivity contribution in [2.75, 3.05) is 0 Å². The maximum Gasteiger partial charge on any atom is 0.303 e. The molecule has 0 spiro atoms. The average Bonchev–Trinajstić information content (AvgIpc) is 2.25. The highest BCUT2D eigenvalue weighted by atomic mass is 16.4. The van der Waals surface area contributed by atoms with E-state index < -0.39 is 5.97 Å². The number of hydrogen-bond donors (Lipinski definition) is 1. The van der Waals surface area contributed by atoms with E-state index >= 15 is 0 Å². The van der Waals surface area contributed by atoms with Crippen LogP contribution in [0.25, 0.3) is 0 Å². The van der Waals surface area contributed by atoms with Gasteiger partial charge in [0, 0.05) is 6.42 Å². The molecule has 0 unspecified atom stereocenters. The topological polar surface area (TPSA) is 37.3 Å². The van der Waals surface area contributed by atoms with Gasteiger partial charge in [0.25, 0.3) is 0 Å². The van der Waals surface area contributed by atoms with Crippen LogP contribution >= 0.6 is 0 Å². The van der Waals surface area contributed by atoms with Crippen LogP contribution in [0.15, 0.2) is 24.3 Å². The molecular formula is C14H24O2. The van der Waals surface area contributed by atoms with E-state index in [1.165, 1.54) is 32.1 Å². The molecule has 0 heterocycles. The zero-order valence-electron chi connectivity index (χ0n) is 10.3. The monoisotopic (exact) mass is 224 g/mol. The summed E-state index contributed by atoms with van der Waals surface area (Å²) in [5.74, 6) is -0.732. The summed E-state index contributed by atoms with van der Waals surface area (Å²) in [5.41, 5.74) is 0. The van der Waals surface area contributed by atoms with Gasteiger partial charge in [-0.2, -0.15) is 0 Å². The number of carboxylic acid groups (broad SMARTS) is 1. The van der Waals surface area contributed by atoms with E-state index in [1.807, 2.05) is 18.2 Å². The summed E-state index contributed by atoms with van der Waals surface area (Å²) in [4.78, 5) is 10.2. The van der Waals surface area contributed by atoms with Gasteiger partial charge >= 0.3 is 5.97 Å². The number of carbonyl (C=O) groups is 1. The standard InChI is InChI=1S/C14H24O2/c1-2-3-4-5-6-7-8-9-10-11-12-13-14(15)16/h8-11H,2-7,12-13H2,1H3,(H,15,16)/b9-8+,11-10+. The zero-order valence-corrected chi connectivity index (χ0v) is 10.3. The van der Waals surface area contributed by atoms with E-state index in [0.717, 1.165) is 6.42 Å². The first kappa shape index (κ1) is 14.9. The van der Waals surface area contributed by atoms with E-state index in [0.29, 0.717) is 6.42 Å². The Hall–Kier alpha value is -1.05. The van der Waals surface area contributed by atoms with Crippen molar-refractivity contribution in [3.63, 3.8) is 0 Å². The van der Waals surface area contributed by atoms with Crippen LogP contribution in [0.4, 0.5) is 0 Å². The zero-order chi connectivity index (χ0) is 12.1. The first-order chi connectivity index (χ1) is 7.77. The van der Waals surface area contributed by atoms with Gasteiger partial charge in [-0.05, 0) is 19.3 Å². The third kappa shape index (κ3) is 12.9. The van der Waals surface area contributed by atoms with Crippen LogP contribution in [0.3, 0.4) is 0 Å². The van der Waals surface area contributed by atoms with E-state index in [4.69, 9.17) is 5.11 Å². The van der Waals surface area contributed by atoms with Crippen molar-refractivity contribution in [2.45, 2.75) is 58.3 Å². The third-order valence-corrected chi connectivity index (χ3v) is 2.38. The van der Waals surface area contributed by atoms with Gasteiger partial charge in [0.05, 0.1) is 0 Å². The fourth-order valence-corrected chi connectivity index (χ4v) is 1.42. The Morgan fingerprint density at radius 2 is 1.62 bits per heavy atom. The van der Waals surface area contributed by atoms with Gasteiger partial charge in [0.1, 0.15) is 0 Å². The molecule has 0 aliphatic rings. The molecule has 16 heavy (non-hydrogen) atoms. The minimum absolute atomic E-state index is 0.224. The lowest BCUT2D eigenvalue weighted by Crippen LogP contribution is -1.91. The predicted molar refractivity (Wildman–Crippen MR) is 68.5 cm³/mol. The largest absolute Gasteiger partial charge is 0.481 e. The van der Waals surface area contributed by atoms with E-state index in [9.17, 15) is 4.79 Å². The number of aliphatic carboxylic acids is 1. The van der Waals surface area contributed by atoms with Crippen molar-refractivity contribution >= 4 is 5.97 Å². The Bertz CT molecular complexity index is 217. The van der Waals surface area contributed by atoms with Crippen molar-refractivity contribution in [1.29, 1.82) is 0 Å². The first-order valence-electron chi connectivity index (χ1n) is 6.30. The first-order valence-corrected chi connectivity index (χ1v) is 6.30. The van der Waals surface area contributed by atoms with Crippen LogP contribution in [0.5, 0.6) is 0 Å². The minimum atomic E-state index is -0.732. The van der Waals surface area contributed by atoms with E-state index in [1.54, 1.807) is 0 Å². The molecule has 0 aliphatic carbocycles. The molecule has 0 aromatic carbocycles. The van der Waals surface area contributed by atoms with Crippen molar-refractivity contribution in [2.24, 2.45) is 0 Å². The molecule has 0 aliphatic heterocycles. The molecule has 0 radical (unpaired) electrons. The van der Waals surface area contributed by atoms with Crippen molar-refractivity contribution < 1.29 is 9.90 Å². The summed E-state index contributed by atoms with van der Waals surface area (Å²) in [6.45, 7) is 2.22. The van der Waals surface area contributed by atoms with Gasteiger partial charge in [-0.3, -0.25) is 4.79 Å². The molecule has 0 rings (SSSR count). The molecule has 92 valence electrons. The second-order valence-corrected chi connectivity index (χ2v) is 3.99. The highest BCUT2D eigenvalue weighted by Crippen LogP contribution is 2.05. The van der Waals surface area contributed by atoms with Gasteiger partial charge in [-0.25, -0.2) is 0 Å². The third-order valence-electron chi connectivity index (χ3n) is 2.38. The molecule has 1 N–H and O–H groups in total. The Morgan fingerprint density at radius 3 is 2.25 bits per heavy atom. The summed E-state index contributed by atoms with van der Waals surface area (Å²) in [6.07, 6.45) is 16.6. The predicted octanol–water partition coefficient (Wildman–Crippen LogP) is 4.32. The Balaban J connectivity index is 3.23. The molecule has 2 heteroatoms. The molecule has 0 saturated carbocycles. The van der Waals surface area contributed by atoms with Crippen LogP contribution < -0.4 is 0 Å². The summed E-state index contributed by atoms with van der Waals surface area (Å²) in [6, 6.07) is 0. The molecular weight excluding hydrogens is 200 g/mol. The molecule has 0 aromatic rings. The Kier molecular flexibility index (Phi) is 11.2. The molecule has 0 saturated heterocycles. The average molecular weight is 224 g/mol. The van der Waals surface area contributed by atoms with Gasteiger partial charge in [0.2, 0.25) is 0 Å². The summed E-state index contributed by atoms with van der Waals surface area (Å²) in [5, 5.41) is 8.41. The van der Waals surface area contributed by atoms with Gasteiger partial charge < -0.3 is 5.11 Å². The highest BCUT2D eigenvalue weighted by molar-refractivity contribution is 5.66. The second kappa shape index (κ2) is 12.0. The maximum atomic E-state index is 10.2. The SMILES string of the molecule is CCCCCCC/C=C/C=C/CCC(=O)O. The van der Waals surface area contributed by atoms with Gasteiger partial charge in [-0.15, -0.1) is 0 Å². The van der Waals surface area contributed by atoms with Crippen molar-refractivity contribution in [3.8, 4) is 0 Å². The van der Waals surface area contributed by atoms with E-state index in [2.05, 4.69) is 13.0 Å². The molecule has 2 nitrogen and oxygen atoms in total. The summed E-state index contributed by atoms with van der Waals surface area (Å²) >= 11 is 0. The summed E-state index contributed by atoms with van der Waals surface area (Å²) in [7, 11) is 0. The van der Waals surface area contributed by atoms with Crippen LogP contribution in [0.1, 0.15) is 58.3 Å². The lowest BCUT2D eigenvalue weighted by atomic mass is 10.1. The minimum Gasteiger partial charge on any atom is -0.481 e. The molecule has 0 bridgehead atoms. The lowest BCUT2D eigenvalue weighted by molar-refractivity contribution is -0.136. The number of hydrogen-bond acceptors (Lipinski definition) is 1. The van der Waals surface area contributed by atoms with Crippen LogP contribution in [0.2, 0.25) is 0 Å². The number of allylic oxidation sites excluding steroid dienone is 4. The quantitative estimate of drug-likeness (QED) is 0.443. The Morgan fingerprint density at radius 1 is 1.00 bits per heavy atom. The van der Waals surface area contributed by atoms with Crippen LogP contribution in [0, 0.1) is 0 Å². The second-order valence-electron chi connectivity index (χ2n) is 3.99. The summed E-state index contributed by atoms with van der Waals surface area (Å²) < 4.78 is 0. The van der Waals surface area contributed by atoms with Gasteiger partial charge in [-0.1, -0.05) is 56.9 Å². The van der Waals surface area contributed by atoms with Crippen molar-refractivity contribution in [1.82, 2.24) is 0 Å². The molecule has 0 atom stereocenters. The van der Waals surface area contributed by atoms with Gasteiger partial charge in [0.15, 0.2) is 0 Å². The number of carboxylic acids is 1. The fraction of sp³-hybridized carbons (Fsp3) is 0.643. The lowest BCUT2D eigenvalue weighted by Gasteiger charge is -1.95. The molecule has 0 fully saturated rings. The van der Waals surface area contributed by atoms with Crippen LogP contribution in [-0.4, -0.2) is 11.1 Å².